The molecule has 7 heteroatoms. The fourth-order valence-electron chi connectivity index (χ4n) is 3.07. The average Bonchev–Trinajstić information content (AvgIpc) is 2.70. The van der Waals surface area contributed by atoms with Gasteiger partial charge in [-0.2, -0.15) is 0 Å². The highest BCUT2D eigenvalue weighted by atomic mass is 19.1. The maximum absolute atomic E-state index is 13.7. The van der Waals surface area contributed by atoms with Crippen molar-refractivity contribution in [1.29, 1.82) is 0 Å². The van der Waals surface area contributed by atoms with Crippen LogP contribution >= 0.6 is 0 Å². The molecule has 3 rings (SSSR count). The summed E-state index contributed by atoms with van der Waals surface area (Å²) in [6, 6.07) is 10.6. The van der Waals surface area contributed by atoms with Gasteiger partial charge in [-0.15, -0.1) is 0 Å². The largest absolute Gasteiger partial charge is 0.379 e. The molecule has 2 aromatic rings. The number of morpholine rings is 1. The highest BCUT2D eigenvalue weighted by Gasteiger charge is 2.16. The van der Waals surface area contributed by atoms with Crippen molar-refractivity contribution in [3.8, 4) is 0 Å². The molecule has 150 valence electrons. The molecule has 0 spiro atoms. The maximum Gasteiger partial charge on any atom is 0.241 e. The van der Waals surface area contributed by atoms with Crippen LogP contribution in [0, 0.1) is 11.6 Å². The number of carbonyl (C=O) groups excluding carboxylic acids is 1. The normalized spacial score (nSPS) is 16.0. The fraction of sp³-hybridized carbons (Fsp3) is 0.381. The average molecular weight is 389 g/mol. The molecule has 2 N–H and O–H groups in total. The zero-order chi connectivity index (χ0) is 19.9. The Bertz CT molecular complexity index is 810. The van der Waals surface area contributed by atoms with Gasteiger partial charge in [0.2, 0.25) is 5.91 Å². The second kappa shape index (κ2) is 9.73. The molecule has 0 aromatic heterocycles. The van der Waals surface area contributed by atoms with Crippen LogP contribution in [0.3, 0.4) is 0 Å². The third-order valence-corrected chi connectivity index (χ3v) is 4.80. The number of hydrogen-bond acceptors (Lipinski definition) is 4. The van der Waals surface area contributed by atoms with Gasteiger partial charge in [-0.25, -0.2) is 8.78 Å². The van der Waals surface area contributed by atoms with Crippen LogP contribution in [0.2, 0.25) is 0 Å². The second-order valence-corrected chi connectivity index (χ2v) is 6.87. The Balaban J connectivity index is 1.56. The smallest absolute Gasteiger partial charge is 0.241 e. The second-order valence-electron chi connectivity index (χ2n) is 6.87. The van der Waals surface area contributed by atoms with Crippen LogP contribution < -0.4 is 10.6 Å². The third-order valence-electron chi connectivity index (χ3n) is 4.80. The lowest BCUT2D eigenvalue weighted by molar-refractivity contribution is -0.117. The van der Waals surface area contributed by atoms with Gasteiger partial charge in [-0.1, -0.05) is 24.3 Å². The van der Waals surface area contributed by atoms with Crippen molar-refractivity contribution in [3.63, 3.8) is 0 Å². The van der Waals surface area contributed by atoms with Crippen molar-refractivity contribution >= 4 is 11.6 Å². The number of hydrogen-bond donors (Lipinski definition) is 2. The van der Waals surface area contributed by atoms with E-state index < -0.39 is 17.7 Å². The lowest BCUT2D eigenvalue weighted by Crippen LogP contribution is -2.38. The number of carbonyl (C=O) groups is 1. The van der Waals surface area contributed by atoms with Crippen molar-refractivity contribution in [1.82, 2.24) is 10.2 Å². The van der Waals surface area contributed by atoms with Crippen LogP contribution in [-0.2, 0) is 22.6 Å². The van der Waals surface area contributed by atoms with E-state index in [2.05, 4.69) is 21.6 Å². The van der Waals surface area contributed by atoms with Gasteiger partial charge >= 0.3 is 0 Å². The first-order valence-electron chi connectivity index (χ1n) is 9.39. The van der Waals surface area contributed by atoms with E-state index in [1.165, 1.54) is 11.6 Å². The molecular weight excluding hydrogens is 364 g/mol. The first-order chi connectivity index (χ1) is 13.5. The predicted molar refractivity (Wildman–Crippen MR) is 104 cm³/mol. The van der Waals surface area contributed by atoms with Crippen LogP contribution in [-0.4, -0.2) is 43.2 Å². The minimum absolute atomic E-state index is 0.0345. The van der Waals surface area contributed by atoms with Crippen LogP contribution in [0.5, 0.6) is 0 Å². The molecule has 1 aliphatic rings. The fourth-order valence-corrected chi connectivity index (χ4v) is 3.07. The minimum Gasteiger partial charge on any atom is -0.379 e. The number of benzene rings is 2. The zero-order valence-electron chi connectivity index (χ0n) is 15.9. The number of nitrogens with zero attached hydrogens (tertiary/aromatic N) is 1. The van der Waals surface area contributed by atoms with Gasteiger partial charge in [-0.3, -0.25) is 9.69 Å². The molecule has 1 atom stereocenters. The Hall–Kier alpha value is -2.35. The Morgan fingerprint density at radius 2 is 1.86 bits per heavy atom. The monoisotopic (exact) mass is 389 g/mol. The lowest BCUT2D eigenvalue weighted by Gasteiger charge is -2.27. The van der Waals surface area contributed by atoms with Crippen LogP contribution in [0.1, 0.15) is 18.1 Å². The number of ether oxygens (including phenoxy) is 1. The summed E-state index contributed by atoms with van der Waals surface area (Å²) in [5.41, 5.74) is 2.28. The SMILES string of the molecule is CC(NCc1ccccc1CN1CCOCC1)C(=O)Nc1ccc(F)cc1F. The number of nitrogens with one attached hydrogen (secondary N) is 2. The summed E-state index contributed by atoms with van der Waals surface area (Å²) in [6.45, 7) is 6.37. The number of rotatable bonds is 7. The Morgan fingerprint density at radius 1 is 1.14 bits per heavy atom. The van der Waals surface area contributed by atoms with Crippen LogP contribution in [0.4, 0.5) is 14.5 Å². The first-order valence-corrected chi connectivity index (χ1v) is 9.39. The van der Waals surface area contributed by atoms with E-state index in [9.17, 15) is 13.6 Å². The van der Waals surface area contributed by atoms with Crippen LogP contribution in [0.15, 0.2) is 42.5 Å². The molecule has 1 saturated heterocycles. The van der Waals surface area contributed by atoms with E-state index in [4.69, 9.17) is 4.74 Å². The molecule has 28 heavy (non-hydrogen) atoms. The van der Waals surface area contributed by atoms with E-state index in [1.807, 2.05) is 18.2 Å². The summed E-state index contributed by atoms with van der Waals surface area (Å²) < 4.78 is 32.1. The Morgan fingerprint density at radius 3 is 2.57 bits per heavy atom. The summed E-state index contributed by atoms with van der Waals surface area (Å²) in [7, 11) is 0. The first kappa shape index (κ1) is 20.4. The van der Waals surface area contributed by atoms with E-state index in [-0.39, 0.29) is 11.6 Å². The van der Waals surface area contributed by atoms with E-state index in [0.717, 1.165) is 50.5 Å². The van der Waals surface area contributed by atoms with Gasteiger partial charge in [0.25, 0.3) is 0 Å². The maximum atomic E-state index is 13.7. The number of halogens is 2. The molecule has 0 bridgehead atoms. The summed E-state index contributed by atoms with van der Waals surface area (Å²) in [4.78, 5) is 14.7. The van der Waals surface area contributed by atoms with Gasteiger partial charge < -0.3 is 15.4 Å². The topological polar surface area (TPSA) is 53.6 Å². The van der Waals surface area contributed by atoms with Gasteiger partial charge in [0.1, 0.15) is 11.6 Å². The molecule has 2 aromatic carbocycles. The van der Waals surface area contributed by atoms with Gasteiger partial charge in [0.05, 0.1) is 24.9 Å². The van der Waals surface area contributed by atoms with Gasteiger partial charge in [-0.05, 0) is 30.2 Å². The molecule has 1 aliphatic heterocycles. The predicted octanol–water partition coefficient (Wildman–Crippen LogP) is 2.91. The molecule has 1 unspecified atom stereocenters. The molecule has 1 heterocycles. The van der Waals surface area contributed by atoms with E-state index in [0.29, 0.717) is 6.54 Å². The van der Waals surface area contributed by atoms with Crippen molar-refractivity contribution in [2.24, 2.45) is 0 Å². The molecule has 1 fully saturated rings. The van der Waals surface area contributed by atoms with Crippen LogP contribution in [0.25, 0.3) is 0 Å². The highest BCUT2D eigenvalue weighted by Crippen LogP contribution is 2.16. The van der Waals surface area contributed by atoms with Gasteiger partial charge in [0.15, 0.2) is 0 Å². The van der Waals surface area contributed by atoms with Crippen molar-refractivity contribution < 1.29 is 18.3 Å². The molecule has 0 aliphatic carbocycles. The van der Waals surface area contributed by atoms with Crippen molar-refractivity contribution in [2.75, 3.05) is 31.6 Å². The number of amides is 1. The van der Waals surface area contributed by atoms with Gasteiger partial charge in [0, 0.05) is 32.2 Å². The minimum atomic E-state index is -0.795. The molecule has 0 radical (unpaired) electrons. The standard InChI is InChI=1S/C21H25F2N3O2/c1-15(21(27)25-20-7-6-18(22)12-19(20)23)24-13-16-4-2-3-5-17(16)14-26-8-10-28-11-9-26/h2-7,12,15,24H,8-11,13-14H2,1H3,(H,25,27). The zero-order valence-corrected chi connectivity index (χ0v) is 15.9. The quantitative estimate of drug-likeness (QED) is 0.765. The summed E-state index contributed by atoms with van der Waals surface area (Å²) in [6.07, 6.45) is 0. The van der Waals surface area contributed by atoms with Crippen molar-refractivity contribution in [3.05, 3.63) is 65.2 Å². The lowest BCUT2D eigenvalue weighted by atomic mass is 10.1. The van der Waals surface area contributed by atoms with E-state index >= 15 is 0 Å². The summed E-state index contributed by atoms with van der Waals surface area (Å²) in [5, 5.41) is 5.66. The Labute approximate surface area is 163 Å². The third kappa shape index (κ3) is 5.58. The van der Waals surface area contributed by atoms with Crippen molar-refractivity contribution in [2.45, 2.75) is 26.1 Å². The summed E-state index contributed by atoms with van der Waals surface area (Å²) in [5.74, 6) is -1.86. The molecule has 5 nitrogen and oxygen atoms in total. The molecule has 1 amide bonds. The number of anilines is 1. The highest BCUT2D eigenvalue weighted by molar-refractivity contribution is 5.94. The molecular formula is C21H25F2N3O2. The summed E-state index contributed by atoms with van der Waals surface area (Å²) >= 11 is 0. The Kier molecular flexibility index (Phi) is 7.08. The molecule has 0 saturated carbocycles. The van der Waals surface area contributed by atoms with E-state index in [1.54, 1.807) is 6.92 Å².